The van der Waals surface area contributed by atoms with Crippen LogP contribution in [-0.2, 0) is 0 Å². The number of hydrogen-bond acceptors (Lipinski definition) is 0. The summed E-state index contributed by atoms with van der Waals surface area (Å²) in [4.78, 5) is 3.45. The van der Waals surface area contributed by atoms with Gasteiger partial charge in [-0.25, -0.2) is 4.58 Å². The highest BCUT2D eigenvalue weighted by Gasteiger charge is 1.94. The summed E-state index contributed by atoms with van der Waals surface area (Å²) < 4.78 is 1.87. The fraction of sp³-hybridized carbons (Fsp3) is 0.667. The Balaban J connectivity index is 2.97. The molecular weight excluding hydrogens is 100 g/mol. The van der Waals surface area contributed by atoms with Crippen LogP contribution in [0.2, 0.25) is 0 Å². The molecule has 2 nitrogen and oxygen atoms in total. The topological polar surface area (TPSA) is 7.37 Å². The van der Waals surface area contributed by atoms with Crippen LogP contribution in [0.25, 0.3) is 4.85 Å². The fourth-order valence-electron chi connectivity index (χ4n) is 0.432. The summed E-state index contributed by atoms with van der Waals surface area (Å²) in [6.07, 6.45) is 0.997. The van der Waals surface area contributed by atoms with Gasteiger partial charge in [0.15, 0.2) is 0 Å². The van der Waals surface area contributed by atoms with Gasteiger partial charge in [-0.15, -0.1) is 0 Å². The molecule has 2 heteroatoms. The molecule has 0 spiro atoms. The summed E-state index contributed by atoms with van der Waals surface area (Å²) in [6.45, 7) is 10.3. The summed E-state index contributed by atoms with van der Waals surface area (Å²) >= 11 is 0. The molecule has 0 heterocycles. The Hall–Kier alpha value is -0.840. The Morgan fingerprint density at radius 1 is 1.75 bits per heavy atom. The van der Waals surface area contributed by atoms with Gasteiger partial charge in [0.25, 0.3) is 13.1 Å². The van der Waals surface area contributed by atoms with E-state index in [0.717, 1.165) is 19.5 Å². The first-order valence-electron chi connectivity index (χ1n) is 2.65. The predicted octanol–water partition coefficient (Wildman–Crippen LogP) is 0.682. The largest absolute Gasteiger partial charge is 0.269 e. The number of rotatable bonds is 3. The van der Waals surface area contributed by atoms with Crippen molar-refractivity contribution < 1.29 is 4.58 Å². The van der Waals surface area contributed by atoms with E-state index >= 15 is 0 Å². The molecule has 0 N–H and O–H groups in total. The molecule has 0 aliphatic carbocycles. The van der Waals surface area contributed by atoms with Crippen LogP contribution in [0.4, 0.5) is 0 Å². The van der Waals surface area contributed by atoms with Crippen LogP contribution in [0.3, 0.4) is 0 Å². The highest BCUT2D eigenvalue weighted by molar-refractivity contribution is 5.13. The molecule has 0 aliphatic heterocycles. The lowest BCUT2D eigenvalue weighted by Crippen LogP contribution is -2.04. The van der Waals surface area contributed by atoms with E-state index in [1.165, 1.54) is 0 Å². The fourth-order valence-corrected chi connectivity index (χ4v) is 0.432. The average Bonchev–Trinajstić information content (AvgIpc) is 1.66. The standard InChI is InChI=1S/C6H12N2/c1-7-5-4-6-8(2)3/h1H,2,4-6H2,3H3/q+2. The molecule has 0 unspecified atom stereocenters. The van der Waals surface area contributed by atoms with Crippen molar-refractivity contribution in [1.82, 2.24) is 0 Å². The summed E-state index contributed by atoms with van der Waals surface area (Å²) in [5.74, 6) is 0. The summed E-state index contributed by atoms with van der Waals surface area (Å²) in [6, 6.07) is 0. The van der Waals surface area contributed by atoms with Crippen molar-refractivity contribution in [3.05, 3.63) is 4.85 Å². The Kier molecular flexibility index (Phi) is 3.87. The van der Waals surface area contributed by atoms with Crippen LogP contribution in [0.5, 0.6) is 0 Å². The van der Waals surface area contributed by atoms with E-state index in [-0.39, 0.29) is 0 Å². The van der Waals surface area contributed by atoms with E-state index in [0.29, 0.717) is 0 Å². The van der Waals surface area contributed by atoms with Gasteiger partial charge in [-0.05, 0) is 0 Å². The van der Waals surface area contributed by atoms with Crippen LogP contribution in [0.15, 0.2) is 0 Å². The number of hydrogen-bond donors (Lipinski definition) is 0. The van der Waals surface area contributed by atoms with Crippen LogP contribution in [-0.4, -0.2) is 31.4 Å². The van der Waals surface area contributed by atoms with Gasteiger partial charge >= 0.3 is 0 Å². The first-order valence-corrected chi connectivity index (χ1v) is 2.65. The second-order valence-electron chi connectivity index (χ2n) is 1.84. The van der Waals surface area contributed by atoms with Crippen molar-refractivity contribution in [3.8, 4) is 6.57 Å². The summed E-state index contributed by atoms with van der Waals surface area (Å²) in [5, 5.41) is 0. The van der Waals surface area contributed by atoms with E-state index in [1.54, 1.807) is 0 Å². The second kappa shape index (κ2) is 4.32. The third kappa shape index (κ3) is 5.16. The minimum absolute atomic E-state index is 0.736. The Bertz CT molecular complexity index is 110. The minimum atomic E-state index is 0.736. The molecule has 0 saturated carbocycles. The maximum atomic E-state index is 4.90. The predicted molar refractivity (Wildman–Crippen MR) is 36.0 cm³/mol. The van der Waals surface area contributed by atoms with Crippen molar-refractivity contribution in [2.75, 3.05) is 20.1 Å². The number of nitrogens with zero attached hydrogens (tertiary/aromatic N) is 2. The van der Waals surface area contributed by atoms with E-state index in [4.69, 9.17) is 6.57 Å². The molecule has 0 amide bonds. The van der Waals surface area contributed by atoms with Gasteiger partial charge in [0.2, 0.25) is 0 Å². The monoisotopic (exact) mass is 112 g/mol. The molecule has 0 bridgehead atoms. The SMILES string of the molecule is C#[N+]CCC[N+](=C)C. The van der Waals surface area contributed by atoms with Gasteiger partial charge in [0.05, 0.1) is 6.42 Å². The third-order valence-electron chi connectivity index (χ3n) is 0.827. The van der Waals surface area contributed by atoms with Crippen LogP contribution in [0.1, 0.15) is 6.42 Å². The minimum Gasteiger partial charge on any atom is -0.245 e. The van der Waals surface area contributed by atoms with Gasteiger partial charge in [-0.2, -0.15) is 0 Å². The second-order valence-corrected chi connectivity index (χ2v) is 1.84. The van der Waals surface area contributed by atoms with Crippen molar-refractivity contribution in [1.29, 1.82) is 0 Å². The van der Waals surface area contributed by atoms with E-state index in [9.17, 15) is 0 Å². The quantitative estimate of drug-likeness (QED) is 0.288. The van der Waals surface area contributed by atoms with Crippen molar-refractivity contribution in [2.24, 2.45) is 0 Å². The highest BCUT2D eigenvalue weighted by Crippen LogP contribution is 1.78. The van der Waals surface area contributed by atoms with Crippen molar-refractivity contribution in [3.63, 3.8) is 0 Å². The first kappa shape index (κ1) is 7.16. The molecule has 0 aliphatic rings. The van der Waals surface area contributed by atoms with Crippen molar-refractivity contribution >= 4 is 6.72 Å². The molecule has 0 radical (unpaired) electrons. The van der Waals surface area contributed by atoms with E-state index in [2.05, 4.69) is 11.6 Å². The highest BCUT2D eigenvalue weighted by atomic mass is 14.9. The molecule has 0 fully saturated rings. The molecule has 0 aromatic rings. The Morgan fingerprint density at radius 2 is 2.38 bits per heavy atom. The first-order chi connectivity index (χ1) is 3.77. The van der Waals surface area contributed by atoms with Gasteiger partial charge < -0.3 is 0 Å². The smallest absolute Gasteiger partial charge is 0.245 e. The molecule has 0 saturated heterocycles. The van der Waals surface area contributed by atoms with Crippen LogP contribution in [0, 0.1) is 6.57 Å². The lowest BCUT2D eigenvalue weighted by Gasteiger charge is -1.84. The van der Waals surface area contributed by atoms with E-state index < -0.39 is 0 Å². The molecule has 44 valence electrons. The Morgan fingerprint density at radius 3 is 2.75 bits per heavy atom. The van der Waals surface area contributed by atoms with E-state index in [1.807, 2.05) is 11.6 Å². The van der Waals surface area contributed by atoms with Gasteiger partial charge in [0.1, 0.15) is 20.3 Å². The van der Waals surface area contributed by atoms with Gasteiger partial charge in [0, 0.05) is 0 Å². The van der Waals surface area contributed by atoms with Crippen molar-refractivity contribution in [2.45, 2.75) is 6.42 Å². The van der Waals surface area contributed by atoms with Gasteiger partial charge in [-0.1, -0.05) is 4.85 Å². The zero-order valence-electron chi connectivity index (χ0n) is 5.30. The molecular formula is C6H12N2+2. The van der Waals surface area contributed by atoms with Gasteiger partial charge in [-0.3, -0.25) is 0 Å². The Labute approximate surface area is 50.3 Å². The molecule has 0 aromatic heterocycles. The maximum Gasteiger partial charge on any atom is 0.269 e. The maximum absolute atomic E-state index is 4.90. The van der Waals surface area contributed by atoms with Crippen LogP contribution >= 0.6 is 0 Å². The zero-order valence-corrected chi connectivity index (χ0v) is 5.30. The normalized spacial score (nSPS) is 8.00. The molecule has 8 heavy (non-hydrogen) atoms. The summed E-state index contributed by atoms with van der Waals surface area (Å²) in [5.41, 5.74) is 0. The third-order valence-corrected chi connectivity index (χ3v) is 0.827. The lowest BCUT2D eigenvalue weighted by molar-refractivity contribution is -0.488. The zero-order chi connectivity index (χ0) is 6.41. The molecule has 0 atom stereocenters. The lowest BCUT2D eigenvalue weighted by atomic mass is 10.4. The van der Waals surface area contributed by atoms with Crippen LogP contribution < -0.4 is 0 Å². The summed E-state index contributed by atoms with van der Waals surface area (Å²) in [7, 11) is 1.93. The molecule has 0 aromatic carbocycles. The average molecular weight is 112 g/mol. The molecule has 0 rings (SSSR count).